The Morgan fingerprint density at radius 3 is 2.17 bits per heavy atom. The van der Waals surface area contributed by atoms with Gasteiger partial charge >= 0.3 is 6.18 Å². The summed E-state index contributed by atoms with van der Waals surface area (Å²) in [6, 6.07) is 4.28. The number of halogens is 3. The molecule has 4 bridgehead atoms. The molecule has 198 valence electrons. The molecule has 5 aliphatic carbocycles. The molecule has 0 spiro atoms. The summed E-state index contributed by atoms with van der Waals surface area (Å²) in [5.41, 5.74) is 1.99. The number of para-hydroxylation sites is 1. The number of nitrogens with one attached hydrogen (secondary N) is 1. The molecule has 7 nitrogen and oxygen atoms in total. The summed E-state index contributed by atoms with van der Waals surface area (Å²) in [6.45, 7) is 0. The zero-order valence-electron chi connectivity index (χ0n) is 19.9. The van der Waals surface area contributed by atoms with Gasteiger partial charge in [0, 0.05) is 11.5 Å². The highest BCUT2D eigenvalue weighted by Crippen LogP contribution is 2.60. The first-order valence-corrected chi connectivity index (χ1v) is 13.8. The van der Waals surface area contributed by atoms with Gasteiger partial charge in [0.25, 0.3) is 0 Å². The zero-order chi connectivity index (χ0) is 25.9. The summed E-state index contributed by atoms with van der Waals surface area (Å²) < 4.78 is 67.5. The van der Waals surface area contributed by atoms with Crippen LogP contribution in [0.25, 0.3) is 0 Å². The fraction of sp³-hybridized carbons (Fsp3) is 0.680. The maximum atomic E-state index is 14.0. The zero-order valence-corrected chi connectivity index (χ0v) is 20.8. The number of anilines is 1. The fourth-order valence-electron chi connectivity index (χ4n) is 7.89. The van der Waals surface area contributed by atoms with Crippen LogP contribution in [0.2, 0.25) is 0 Å². The summed E-state index contributed by atoms with van der Waals surface area (Å²) >= 11 is 0. The molecule has 6 rings (SSSR count). The molecule has 1 aromatic rings. The molecular weight excluding hydrogens is 495 g/mol. The van der Waals surface area contributed by atoms with Crippen molar-refractivity contribution in [3.8, 4) is 0 Å². The number of thiol groups is 1. The van der Waals surface area contributed by atoms with E-state index in [1.54, 1.807) is 0 Å². The van der Waals surface area contributed by atoms with Gasteiger partial charge in [-0.15, -0.1) is 0 Å². The Morgan fingerprint density at radius 2 is 1.61 bits per heavy atom. The Balaban J connectivity index is 1.50. The Kier molecular flexibility index (Phi) is 6.28. The number of hydrogen-bond donors (Lipinski definition) is 3. The van der Waals surface area contributed by atoms with Crippen molar-refractivity contribution in [3.63, 3.8) is 0 Å². The summed E-state index contributed by atoms with van der Waals surface area (Å²) in [7, 11) is -3.55. The number of carbonyl (C=O) groups excluding carboxylic acids is 2. The second-order valence-corrected chi connectivity index (χ2v) is 12.1. The van der Waals surface area contributed by atoms with Gasteiger partial charge in [-0.1, -0.05) is 31.4 Å². The van der Waals surface area contributed by atoms with E-state index in [0.29, 0.717) is 35.9 Å². The van der Waals surface area contributed by atoms with Gasteiger partial charge in [0.05, 0.1) is 11.3 Å². The van der Waals surface area contributed by atoms with Crippen LogP contribution < -0.4 is 15.4 Å². The first-order chi connectivity index (χ1) is 17.0. The van der Waals surface area contributed by atoms with Crippen molar-refractivity contribution in [2.75, 3.05) is 4.31 Å². The van der Waals surface area contributed by atoms with Crippen LogP contribution in [0.4, 0.5) is 18.9 Å². The van der Waals surface area contributed by atoms with Crippen molar-refractivity contribution in [1.29, 1.82) is 0 Å². The predicted molar refractivity (Wildman–Crippen MR) is 127 cm³/mol. The van der Waals surface area contributed by atoms with Crippen molar-refractivity contribution in [1.82, 2.24) is 5.32 Å². The van der Waals surface area contributed by atoms with Gasteiger partial charge in [-0.05, 0) is 74.8 Å². The number of primary amides is 1. The van der Waals surface area contributed by atoms with E-state index in [4.69, 9.17) is 5.73 Å². The molecule has 5 fully saturated rings. The van der Waals surface area contributed by atoms with E-state index in [-0.39, 0.29) is 36.6 Å². The Morgan fingerprint density at radius 1 is 1.00 bits per heavy atom. The molecule has 0 aromatic heterocycles. The van der Waals surface area contributed by atoms with Crippen LogP contribution in [0.1, 0.15) is 69.8 Å². The van der Waals surface area contributed by atoms with Crippen LogP contribution in [-0.4, -0.2) is 31.8 Å². The van der Waals surface area contributed by atoms with Crippen LogP contribution in [0, 0.1) is 23.2 Å². The minimum atomic E-state index is -4.78. The lowest BCUT2D eigenvalue weighted by molar-refractivity contribution is -0.148. The second kappa shape index (κ2) is 8.92. The number of carbonyl (C=O) groups is 2. The monoisotopic (exact) mass is 527 g/mol. The Bertz CT molecular complexity index is 1110. The van der Waals surface area contributed by atoms with Gasteiger partial charge in [-0.2, -0.15) is 13.2 Å². The molecule has 1 aromatic carbocycles. The molecular formula is C25H32F3N3O4S. The molecule has 0 radical (unpaired) electrons. The second-order valence-electron chi connectivity index (χ2n) is 11.3. The third-order valence-corrected chi connectivity index (χ3v) is 10.1. The smallest absolute Gasteiger partial charge is 0.369 e. The molecule has 5 aliphatic rings. The van der Waals surface area contributed by atoms with Gasteiger partial charge in [-0.25, -0.2) is 8.42 Å². The number of rotatable bonds is 6. The van der Waals surface area contributed by atoms with E-state index < -0.39 is 45.2 Å². The van der Waals surface area contributed by atoms with Crippen LogP contribution in [0.15, 0.2) is 24.3 Å². The molecule has 0 aliphatic heterocycles. The average Bonchev–Trinajstić information content (AvgIpc) is 2.81. The lowest BCUT2D eigenvalue weighted by Gasteiger charge is -2.59. The van der Waals surface area contributed by atoms with Crippen LogP contribution in [0.5, 0.6) is 0 Å². The van der Waals surface area contributed by atoms with Gasteiger partial charge in [0.2, 0.25) is 22.7 Å². The lowest BCUT2D eigenvalue weighted by atomic mass is 9.47. The number of nitrogens with two attached hydrogens (primary N) is 1. The Hall–Kier alpha value is -2.30. The van der Waals surface area contributed by atoms with Gasteiger partial charge in [-0.3, -0.25) is 13.9 Å². The van der Waals surface area contributed by atoms with Crippen molar-refractivity contribution in [2.45, 2.75) is 82.0 Å². The standard InChI is InChI=1S/C25H32F3N3O4S/c26-25(27,28)18-6-2-3-7-19(18)31(36(34)35)24(8-4-1-5-9-24)22(33)30-20-16-10-15-11-17(20)14-23(12-15,13-16)21(29)32/h2-3,6-7,15-17,20,36H,1,4-5,8-14H2,(H2,29,32)(H,30,33). The number of alkyl halides is 3. The van der Waals surface area contributed by atoms with E-state index in [2.05, 4.69) is 5.32 Å². The topological polar surface area (TPSA) is 110 Å². The maximum Gasteiger partial charge on any atom is 0.418 e. The molecule has 2 atom stereocenters. The quantitative estimate of drug-likeness (QED) is 0.492. The first kappa shape index (κ1) is 25.4. The first-order valence-electron chi connectivity index (χ1n) is 12.7. The molecule has 11 heteroatoms. The van der Waals surface area contributed by atoms with Crippen LogP contribution in [-0.2, 0) is 26.7 Å². The van der Waals surface area contributed by atoms with Crippen molar-refractivity contribution >= 4 is 28.4 Å². The normalized spacial score (nSPS) is 32.9. The number of hydrogen-bond acceptors (Lipinski definition) is 4. The third-order valence-electron chi connectivity index (χ3n) is 9.20. The average molecular weight is 528 g/mol. The third kappa shape index (κ3) is 4.07. The number of amides is 2. The summed E-state index contributed by atoms with van der Waals surface area (Å²) in [5, 5.41) is 3.11. The highest BCUT2D eigenvalue weighted by molar-refractivity contribution is 7.74. The van der Waals surface area contributed by atoms with E-state index in [1.807, 2.05) is 0 Å². The molecule has 2 amide bonds. The van der Waals surface area contributed by atoms with Gasteiger partial charge in [0.1, 0.15) is 5.54 Å². The summed E-state index contributed by atoms with van der Waals surface area (Å²) in [6.07, 6.45) is 1.02. The summed E-state index contributed by atoms with van der Waals surface area (Å²) in [5.74, 6) is -0.369. The largest absolute Gasteiger partial charge is 0.418 e. The van der Waals surface area contributed by atoms with E-state index in [1.165, 1.54) is 12.1 Å². The van der Waals surface area contributed by atoms with Crippen molar-refractivity contribution < 1.29 is 31.2 Å². The minimum Gasteiger partial charge on any atom is -0.369 e. The summed E-state index contributed by atoms with van der Waals surface area (Å²) in [4.78, 5) is 26.3. The minimum absolute atomic E-state index is 0.0465. The number of benzene rings is 1. The maximum absolute atomic E-state index is 14.0. The fourth-order valence-corrected chi connectivity index (χ4v) is 8.85. The lowest BCUT2D eigenvalue weighted by Crippen LogP contribution is -2.66. The SMILES string of the molecule is NC(=O)C12CC3CC(C1)C(NC(=O)C1(N(c4ccccc4C(F)(F)F)[SH](=O)=O)CCCCC1)C(C3)C2. The molecule has 36 heavy (non-hydrogen) atoms. The van der Waals surface area contributed by atoms with E-state index in [0.717, 1.165) is 37.8 Å². The van der Waals surface area contributed by atoms with Crippen LogP contribution >= 0.6 is 0 Å². The number of nitrogens with zero attached hydrogens (tertiary/aromatic N) is 1. The molecule has 2 unspecified atom stereocenters. The van der Waals surface area contributed by atoms with Gasteiger partial charge < -0.3 is 11.1 Å². The Labute approximate surface area is 210 Å². The highest BCUT2D eigenvalue weighted by Gasteiger charge is 2.59. The van der Waals surface area contributed by atoms with Crippen molar-refractivity contribution in [2.24, 2.45) is 28.9 Å². The molecule has 5 saturated carbocycles. The van der Waals surface area contributed by atoms with E-state index in [9.17, 15) is 31.2 Å². The molecule has 0 heterocycles. The van der Waals surface area contributed by atoms with Crippen molar-refractivity contribution in [3.05, 3.63) is 29.8 Å². The molecule has 3 N–H and O–H groups in total. The highest BCUT2D eigenvalue weighted by atomic mass is 32.2. The van der Waals surface area contributed by atoms with E-state index >= 15 is 0 Å². The predicted octanol–water partition coefficient (Wildman–Crippen LogP) is 3.54. The molecule has 0 saturated heterocycles. The van der Waals surface area contributed by atoms with Gasteiger partial charge in [0.15, 0.2) is 0 Å². The van der Waals surface area contributed by atoms with Crippen LogP contribution in [0.3, 0.4) is 0 Å².